The number of amides is 1. The molecule has 4 rings (SSSR count). The van der Waals surface area contributed by atoms with E-state index in [-0.39, 0.29) is 11.3 Å². The van der Waals surface area contributed by atoms with E-state index in [1.54, 1.807) is 0 Å². The van der Waals surface area contributed by atoms with Gasteiger partial charge in [-0.1, -0.05) is 63.2 Å². The Labute approximate surface area is 179 Å². The van der Waals surface area contributed by atoms with Gasteiger partial charge >= 0.3 is 0 Å². The van der Waals surface area contributed by atoms with Crippen molar-refractivity contribution < 1.29 is 4.79 Å². The quantitative estimate of drug-likeness (QED) is 0.641. The Bertz CT molecular complexity index is 995. The highest BCUT2D eigenvalue weighted by atomic mass is 16.2. The van der Waals surface area contributed by atoms with Crippen LogP contribution in [0.3, 0.4) is 0 Å². The number of aromatic nitrogens is 2. The third-order valence-corrected chi connectivity index (χ3v) is 5.69. The highest BCUT2D eigenvalue weighted by molar-refractivity contribution is 5.77. The maximum absolute atomic E-state index is 12.5. The molecule has 1 fully saturated rings. The fraction of sp³-hybridized carbons (Fsp3) is 0.440. The topological polar surface area (TPSA) is 41.4 Å². The van der Waals surface area contributed by atoms with Crippen LogP contribution in [0.2, 0.25) is 0 Å². The number of nitrogens with zero attached hydrogens (tertiary/aromatic N) is 4. The first-order valence-electron chi connectivity index (χ1n) is 10.9. The standard InChI is InChI=1S/C25H32N4O/c1-25(2,3)17-24(30)28-15-13-27(14-16-28)19-23-26-21-11-7-8-12-22(21)29(23)18-20-9-5-4-6-10-20/h4-12H,13-19H2,1-3H3. The van der Waals surface area contributed by atoms with E-state index in [4.69, 9.17) is 4.98 Å². The molecular weight excluding hydrogens is 372 g/mol. The summed E-state index contributed by atoms with van der Waals surface area (Å²) < 4.78 is 2.34. The third kappa shape index (κ3) is 4.90. The van der Waals surface area contributed by atoms with Crippen molar-refractivity contribution in [3.63, 3.8) is 0 Å². The van der Waals surface area contributed by atoms with Gasteiger partial charge in [-0.05, 0) is 23.1 Å². The van der Waals surface area contributed by atoms with Crippen LogP contribution < -0.4 is 0 Å². The number of para-hydroxylation sites is 2. The number of carbonyl (C=O) groups is 1. The summed E-state index contributed by atoms with van der Waals surface area (Å²) in [5.74, 6) is 1.37. The van der Waals surface area contributed by atoms with Gasteiger partial charge in [0.1, 0.15) is 5.82 Å². The predicted octanol–water partition coefficient (Wildman–Crippen LogP) is 4.17. The summed E-state index contributed by atoms with van der Waals surface area (Å²) in [5.41, 5.74) is 3.54. The molecule has 3 aromatic rings. The van der Waals surface area contributed by atoms with Crippen LogP contribution in [0.25, 0.3) is 11.0 Å². The van der Waals surface area contributed by atoms with Crippen LogP contribution in [0.5, 0.6) is 0 Å². The monoisotopic (exact) mass is 404 g/mol. The van der Waals surface area contributed by atoms with E-state index in [9.17, 15) is 4.79 Å². The zero-order chi connectivity index (χ0) is 21.1. The molecule has 1 aliphatic rings. The normalized spacial score (nSPS) is 15.6. The Morgan fingerprint density at radius 3 is 2.27 bits per heavy atom. The van der Waals surface area contributed by atoms with Crippen LogP contribution in [-0.2, 0) is 17.9 Å². The van der Waals surface area contributed by atoms with Crippen LogP contribution in [0.4, 0.5) is 0 Å². The molecule has 0 saturated carbocycles. The summed E-state index contributed by atoms with van der Waals surface area (Å²) in [4.78, 5) is 21.9. The Kier molecular flexibility index (Phi) is 5.91. The third-order valence-electron chi connectivity index (χ3n) is 5.69. The molecule has 0 atom stereocenters. The summed E-state index contributed by atoms with van der Waals surface area (Å²) in [5, 5.41) is 0. The zero-order valence-electron chi connectivity index (χ0n) is 18.3. The summed E-state index contributed by atoms with van der Waals surface area (Å²) >= 11 is 0. The zero-order valence-corrected chi connectivity index (χ0v) is 18.3. The lowest BCUT2D eigenvalue weighted by atomic mass is 9.91. The Balaban J connectivity index is 1.47. The van der Waals surface area contributed by atoms with E-state index < -0.39 is 0 Å². The molecule has 0 N–H and O–H groups in total. The van der Waals surface area contributed by atoms with Gasteiger partial charge in [-0.2, -0.15) is 0 Å². The molecule has 158 valence electrons. The second-order valence-electron chi connectivity index (χ2n) is 9.48. The lowest BCUT2D eigenvalue weighted by molar-refractivity contribution is -0.134. The van der Waals surface area contributed by atoms with Crippen molar-refractivity contribution in [2.24, 2.45) is 5.41 Å². The summed E-state index contributed by atoms with van der Waals surface area (Å²) in [7, 11) is 0. The summed E-state index contributed by atoms with van der Waals surface area (Å²) in [6.45, 7) is 11.4. The van der Waals surface area contributed by atoms with E-state index in [2.05, 4.69) is 78.8 Å². The minimum Gasteiger partial charge on any atom is -0.340 e. The van der Waals surface area contributed by atoms with E-state index >= 15 is 0 Å². The Morgan fingerprint density at radius 2 is 1.57 bits per heavy atom. The van der Waals surface area contributed by atoms with Crippen molar-refractivity contribution in [1.82, 2.24) is 19.4 Å². The number of benzene rings is 2. The number of rotatable bonds is 5. The molecule has 1 saturated heterocycles. The van der Waals surface area contributed by atoms with Crippen LogP contribution in [0, 0.1) is 5.41 Å². The SMILES string of the molecule is CC(C)(C)CC(=O)N1CCN(Cc2nc3ccccc3n2Cc2ccccc2)CC1. The lowest BCUT2D eigenvalue weighted by Crippen LogP contribution is -2.49. The molecule has 0 radical (unpaired) electrons. The van der Waals surface area contributed by atoms with Crippen LogP contribution in [0.15, 0.2) is 54.6 Å². The Morgan fingerprint density at radius 1 is 0.900 bits per heavy atom. The van der Waals surface area contributed by atoms with Crippen LogP contribution in [0.1, 0.15) is 38.6 Å². The van der Waals surface area contributed by atoms with Gasteiger partial charge in [-0.3, -0.25) is 9.69 Å². The van der Waals surface area contributed by atoms with Crippen molar-refractivity contribution in [1.29, 1.82) is 0 Å². The van der Waals surface area contributed by atoms with Crippen molar-refractivity contribution >= 4 is 16.9 Å². The summed E-state index contributed by atoms with van der Waals surface area (Å²) in [6, 6.07) is 18.9. The lowest BCUT2D eigenvalue weighted by Gasteiger charge is -2.35. The molecule has 0 unspecified atom stereocenters. The smallest absolute Gasteiger partial charge is 0.223 e. The van der Waals surface area contributed by atoms with Gasteiger partial charge in [0.05, 0.1) is 17.6 Å². The molecule has 2 heterocycles. The van der Waals surface area contributed by atoms with E-state index in [0.29, 0.717) is 6.42 Å². The first-order valence-corrected chi connectivity index (χ1v) is 10.9. The minimum atomic E-state index is 0.0382. The number of hydrogen-bond acceptors (Lipinski definition) is 3. The molecule has 0 bridgehead atoms. The van der Waals surface area contributed by atoms with Gasteiger partial charge in [0.25, 0.3) is 0 Å². The number of imidazole rings is 1. The van der Waals surface area contributed by atoms with Gasteiger partial charge in [0.2, 0.25) is 5.91 Å². The Hall–Kier alpha value is -2.66. The van der Waals surface area contributed by atoms with Gasteiger partial charge in [-0.15, -0.1) is 0 Å². The van der Waals surface area contributed by atoms with Gasteiger partial charge in [-0.25, -0.2) is 4.98 Å². The first kappa shape index (κ1) is 20.6. The van der Waals surface area contributed by atoms with Crippen molar-refractivity contribution in [3.05, 3.63) is 66.0 Å². The van der Waals surface area contributed by atoms with Crippen molar-refractivity contribution in [2.75, 3.05) is 26.2 Å². The highest BCUT2D eigenvalue weighted by Gasteiger charge is 2.25. The highest BCUT2D eigenvalue weighted by Crippen LogP contribution is 2.22. The average Bonchev–Trinajstić information content (AvgIpc) is 3.05. The molecule has 0 spiro atoms. The predicted molar refractivity (Wildman–Crippen MR) is 121 cm³/mol. The molecule has 5 nitrogen and oxygen atoms in total. The fourth-order valence-corrected chi connectivity index (χ4v) is 4.11. The molecule has 1 aromatic heterocycles. The molecule has 2 aromatic carbocycles. The second kappa shape index (κ2) is 8.60. The second-order valence-corrected chi connectivity index (χ2v) is 9.48. The largest absolute Gasteiger partial charge is 0.340 e. The van der Waals surface area contributed by atoms with E-state index in [1.165, 1.54) is 11.1 Å². The molecule has 5 heteroatoms. The number of piperazine rings is 1. The van der Waals surface area contributed by atoms with Gasteiger partial charge < -0.3 is 9.47 Å². The number of carbonyl (C=O) groups excluding carboxylic acids is 1. The van der Waals surface area contributed by atoms with E-state index in [1.807, 2.05) is 11.0 Å². The minimum absolute atomic E-state index is 0.0382. The van der Waals surface area contributed by atoms with Gasteiger partial charge in [0, 0.05) is 39.1 Å². The molecule has 30 heavy (non-hydrogen) atoms. The van der Waals surface area contributed by atoms with E-state index in [0.717, 1.165) is 50.6 Å². The van der Waals surface area contributed by atoms with Crippen molar-refractivity contribution in [2.45, 2.75) is 40.3 Å². The number of hydrogen-bond donors (Lipinski definition) is 0. The maximum atomic E-state index is 12.5. The van der Waals surface area contributed by atoms with Crippen LogP contribution >= 0.6 is 0 Å². The molecule has 1 aliphatic heterocycles. The maximum Gasteiger partial charge on any atom is 0.223 e. The molecule has 1 amide bonds. The molecular formula is C25H32N4O. The number of fused-ring (bicyclic) bond motifs is 1. The summed E-state index contributed by atoms with van der Waals surface area (Å²) in [6.07, 6.45) is 0.611. The van der Waals surface area contributed by atoms with Crippen molar-refractivity contribution in [3.8, 4) is 0 Å². The molecule has 0 aliphatic carbocycles. The van der Waals surface area contributed by atoms with Gasteiger partial charge in [0.15, 0.2) is 0 Å². The van der Waals surface area contributed by atoms with Crippen LogP contribution in [-0.4, -0.2) is 51.4 Å². The average molecular weight is 405 g/mol. The first-order chi connectivity index (χ1) is 14.4. The fourth-order valence-electron chi connectivity index (χ4n) is 4.11.